The van der Waals surface area contributed by atoms with Gasteiger partial charge in [-0.15, -0.1) is 0 Å². The molecule has 10 heteroatoms. The highest BCUT2D eigenvalue weighted by molar-refractivity contribution is 5.87. The van der Waals surface area contributed by atoms with Gasteiger partial charge in [0.05, 0.1) is 23.0 Å². The van der Waals surface area contributed by atoms with E-state index in [1.165, 1.54) is 12.1 Å². The first kappa shape index (κ1) is 37.1. The third kappa shape index (κ3) is 7.43. The van der Waals surface area contributed by atoms with Crippen molar-refractivity contribution in [2.45, 2.75) is 128 Å². The van der Waals surface area contributed by atoms with E-state index in [0.717, 1.165) is 139 Å². The van der Waals surface area contributed by atoms with Gasteiger partial charge in [0.2, 0.25) is 11.8 Å². The summed E-state index contributed by atoms with van der Waals surface area (Å²) < 4.78 is 27.5. The minimum absolute atomic E-state index is 0.195. The van der Waals surface area contributed by atoms with E-state index in [1.807, 2.05) is 26.0 Å². The molecular weight excluding hydrogens is 662 g/mol. The van der Waals surface area contributed by atoms with Crippen LogP contribution in [0.5, 0.6) is 0 Å². The van der Waals surface area contributed by atoms with Gasteiger partial charge in [-0.3, -0.25) is 9.59 Å². The van der Waals surface area contributed by atoms with Crippen LogP contribution >= 0.6 is 0 Å². The Morgan fingerprint density at radius 3 is 1.35 bits per heavy atom. The average molecular weight is 721 g/mol. The summed E-state index contributed by atoms with van der Waals surface area (Å²) in [5.41, 5.74) is 3.35. The molecule has 2 aromatic carbocycles. The number of aliphatic hydroxyl groups is 2. The van der Waals surface area contributed by atoms with Crippen LogP contribution in [0.3, 0.4) is 0 Å². The van der Waals surface area contributed by atoms with Gasteiger partial charge in [0, 0.05) is 62.7 Å². The summed E-state index contributed by atoms with van der Waals surface area (Å²) in [5, 5.41) is 19.5. The van der Waals surface area contributed by atoms with Gasteiger partial charge in [0.25, 0.3) is 0 Å². The standard InChI is InChI=1S/2C21H29FN2O2/c2*1-15-3-4-16(22)13-19(15)23-11-2-9-21(14-23)10-12-24(20(21)26)17-5-7-18(25)8-6-17/h2*3-4,13,17-18,25H,2,5-12,14H2,1H3/t2*17?,18?,21-/m00/s1. The van der Waals surface area contributed by atoms with E-state index < -0.39 is 0 Å². The number of carbonyl (C=O) groups excluding carboxylic acids is 2. The summed E-state index contributed by atoms with van der Waals surface area (Å²) in [6.07, 6.45) is 12.1. The molecule has 4 saturated heterocycles. The zero-order chi connectivity index (χ0) is 36.6. The molecule has 2 aliphatic carbocycles. The lowest BCUT2D eigenvalue weighted by Crippen LogP contribution is -2.50. The van der Waals surface area contributed by atoms with Crippen LogP contribution in [0.4, 0.5) is 20.2 Å². The molecule has 52 heavy (non-hydrogen) atoms. The van der Waals surface area contributed by atoms with Gasteiger partial charge in [-0.2, -0.15) is 0 Å². The Balaban J connectivity index is 0.000000162. The maximum Gasteiger partial charge on any atom is 0.230 e. The molecule has 284 valence electrons. The Bertz CT molecular complexity index is 1490. The molecule has 4 aliphatic heterocycles. The highest BCUT2D eigenvalue weighted by atomic mass is 19.1. The van der Waals surface area contributed by atoms with E-state index in [2.05, 4.69) is 19.6 Å². The summed E-state index contributed by atoms with van der Waals surface area (Å²) >= 11 is 0. The number of carbonyl (C=O) groups is 2. The lowest BCUT2D eigenvalue weighted by molar-refractivity contribution is -0.140. The number of aliphatic hydroxyl groups excluding tert-OH is 2. The van der Waals surface area contributed by atoms with Gasteiger partial charge < -0.3 is 29.8 Å². The Morgan fingerprint density at radius 1 is 0.577 bits per heavy atom. The molecule has 2 spiro atoms. The highest BCUT2D eigenvalue weighted by Gasteiger charge is 2.52. The molecule has 2 amide bonds. The number of rotatable bonds is 4. The van der Waals surface area contributed by atoms with Crippen molar-refractivity contribution in [2.75, 3.05) is 49.1 Å². The van der Waals surface area contributed by atoms with E-state index >= 15 is 0 Å². The van der Waals surface area contributed by atoms with Crippen LogP contribution in [-0.2, 0) is 9.59 Å². The Labute approximate surface area is 308 Å². The van der Waals surface area contributed by atoms with Crippen molar-refractivity contribution in [3.63, 3.8) is 0 Å². The van der Waals surface area contributed by atoms with Crippen LogP contribution in [0.15, 0.2) is 36.4 Å². The predicted octanol–water partition coefficient (Wildman–Crippen LogP) is 6.51. The fourth-order valence-electron chi connectivity index (χ4n) is 10.4. The Kier molecular flexibility index (Phi) is 10.9. The van der Waals surface area contributed by atoms with Crippen LogP contribution in [0.2, 0.25) is 0 Å². The van der Waals surface area contributed by atoms with Crippen molar-refractivity contribution in [1.82, 2.24) is 9.80 Å². The number of likely N-dealkylation sites (tertiary alicyclic amines) is 2. The van der Waals surface area contributed by atoms with Gasteiger partial charge in [0.15, 0.2) is 0 Å². The molecule has 0 aromatic heterocycles. The topological polar surface area (TPSA) is 87.6 Å². The van der Waals surface area contributed by atoms with E-state index in [9.17, 15) is 28.6 Å². The predicted molar refractivity (Wildman–Crippen MR) is 199 cm³/mol. The maximum atomic E-state index is 13.8. The Hall–Kier alpha value is -3.24. The van der Waals surface area contributed by atoms with Gasteiger partial charge in [-0.1, -0.05) is 12.1 Å². The van der Waals surface area contributed by atoms with Crippen LogP contribution in [0.1, 0.15) is 101 Å². The molecular formula is C42H58F2N4O4. The molecule has 8 nitrogen and oxygen atoms in total. The second-order valence-corrected chi connectivity index (χ2v) is 16.9. The lowest BCUT2D eigenvalue weighted by atomic mass is 9.78. The van der Waals surface area contributed by atoms with Crippen molar-refractivity contribution in [1.29, 1.82) is 0 Å². The summed E-state index contributed by atoms with van der Waals surface area (Å²) in [4.78, 5) is 35.3. The summed E-state index contributed by atoms with van der Waals surface area (Å²) in [6.45, 7) is 8.83. The van der Waals surface area contributed by atoms with E-state index in [1.54, 1.807) is 12.1 Å². The summed E-state index contributed by atoms with van der Waals surface area (Å²) in [6, 6.07) is 10.4. The number of benzene rings is 2. The van der Waals surface area contributed by atoms with Crippen molar-refractivity contribution in [3.8, 4) is 0 Å². The quantitative estimate of drug-likeness (QED) is 0.375. The molecule has 4 heterocycles. The zero-order valence-corrected chi connectivity index (χ0v) is 31.2. The van der Waals surface area contributed by atoms with Crippen molar-refractivity contribution >= 4 is 23.2 Å². The molecule has 6 aliphatic rings. The maximum absolute atomic E-state index is 13.8. The molecule has 0 bridgehead atoms. The van der Waals surface area contributed by atoms with Crippen LogP contribution in [0, 0.1) is 36.3 Å². The van der Waals surface area contributed by atoms with Crippen LogP contribution in [0.25, 0.3) is 0 Å². The first-order valence-corrected chi connectivity index (χ1v) is 20.0. The first-order chi connectivity index (χ1) is 25.0. The zero-order valence-electron chi connectivity index (χ0n) is 31.2. The molecule has 2 N–H and O–H groups in total. The van der Waals surface area contributed by atoms with Crippen molar-refractivity contribution < 1.29 is 28.6 Å². The average Bonchev–Trinajstić information content (AvgIpc) is 3.62. The number of anilines is 2. The number of aryl methyl sites for hydroxylation is 2. The number of hydrogen-bond donors (Lipinski definition) is 2. The van der Waals surface area contributed by atoms with Gasteiger partial charge in [-0.25, -0.2) is 8.78 Å². The molecule has 2 aromatic rings. The van der Waals surface area contributed by atoms with Gasteiger partial charge in [0.1, 0.15) is 11.6 Å². The normalized spacial score (nSPS) is 32.5. The molecule has 0 radical (unpaired) electrons. The number of amides is 2. The number of nitrogens with zero attached hydrogens (tertiary/aromatic N) is 4. The van der Waals surface area contributed by atoms with Crippen LogP contribution < -0.4 is 9.80 Å². The summed E-state index contributed by atoms with van der Waals surface area (Å²) in [5.74, 6) is 0.144. The SMILES string of the molecule is Cc1ccc(F)cc1N1CCC[C@]2(CCN(C3CCC(O)CC3)C2=O)C1.Cc1ccc(F)cc1N1CCC[C@]2(CCN(C3CCC(O)CC3)C2=O)C1. The third-order valence-electron chi connectivity index (χ3n) is 13.5. The van der Waals surface area contributed by atoms with E-state index in [4.69, 9.17) is 0 Å². The van der Waals surface area contributed by atoms with E-state index in [-0.39, 0.29) is 58.6 Å². The molecule has 2 atom stereocenters. The number of hydrogen-bond acceptors (Lipinski definition) is 6. The monoisotopic (exact) mass is 720 g/mol. The molecule has 2 saturated carbocycles. The highest BCUT2D eigenvalue weighted by Crippen LogP contribution is 2.45. The molecule has 0 unspecified atom stereocenters. The second-order valence-electron chi connectivity index (χ2n) is 16.9. The minimum atomic E-state index is -0.312. The molecule has 8 rings (SSSR count). The Morgan fingerprint density at radius 2 is 0.962 bits per heavy atom. The second kappa shape index (κ2) is 15.2. The lowest BCUT2D eigenvalue weighted by Gasteiger charge is -2.42. The largest absolute Gasteiger partial charge is 0.393 e. The van der Waals surface area contributed by atoms with Gasteiger partial charge >= 0.3 is 0 Å². The first-order valence-electron chi connectivity index (χ1n) is 20.0. The number of piperidine rings is 2. The third-order valence-corrected chi connectivity index (χ3v) is 13.5. The fraction of sp³-hybridized carbons (Fsp3) is 0.667. The fourth-order valence-corrected chi connectivity index (χ4v) is 10.4. The smallest absolute Gasteiger partial charge is 0.230 e. The molecule has 6 fully saturated rings. The minimum Gasteiger partial charge on any atom is -0.393 e. The van der Waals surface area contributed by atoms with E-state index in [0.29, 0.717) is 13.1 Å². The summed E-state index contributed by atoms with van der Waals surface area (Å²) in [7, 11) is 0. The number of halogens is 2. The van der Waals surface area contributed by atoms with Gasteiger partial charge in [-0.05, 0) is 139 Å². The van der Waals surface area contributed by atoms with Crippen molar-refractivity contribution in [2.24, 2.45) is 10.8 Å². The van der Waals surface area contributed by atoms with Crippen LogP contribution in [-0.4, -0.2) is 95.4 Å². The van der Waals surface area contributed by atoms with Crippen molar-refractivity contribution in [3.05, 3.63) is 59.2 Å².